The zero-order valence-electron chi connectivity index (χ0n) is 18.3. The van der Waals surface area contributed by atoms with E-state index in [2.05, 4.69) is 37.7 Å². The molecule has 0 bridgehead atoms. The highest BCUT2D eigenvalue weighted by Gasteiger charge is 2.23. The summed E-state index contributed by atoms with van der Waals surface area (Å²) in [5.41, 5.74) is 8.79. The number of carbonyl (C=O) groups is 2. The van der Waals surface area contributed by atoms with Gasteiger partial charge in [0.2, 0.25) is 0 Å². The second-order valence-electron chi connectivity index (χ2n) is 7.87. The standard InChI is InChI=1S/C26H21BrN4O3/c1-34-20-11-8-17-14-18-12-13-31(24(18)28-23(17)15-20)19-9-6-16(7-10-19)25(32)29-30-26(33)21-4-2-3-5-22(21)27/h2-11,14-15H,12-13H2,1H3,(H,29,32)(H,30,33). The zero-order chi connectivity index (χ0) is 23.7. The van der Waals surface area contributed by atoms with Gasteiger partial charge in [-0.3, -0.25) is 20.4 Å². The number of halogens is 1. The molecule has 2 amide bonds. The number of hydrazine groups is 1. The summed E-state index contributed by atoms with van der Waals surface area (Å²) >= 11 is 3.33. The quantitative estimate of drug-likeness (QED) is 0.381. The lowest BCUT2D eigenvalue weighted by molar-refractivity contribution is 0.0846. The van der Waals surface area contributed by atoms with Crippen LogP contribution < -0.4 is 20.5 Å². The highest BCUT2D eigenvalue weighted by molar-refractivity contribution is 9.10. The molecule has 0 unspecified atom stereocenters. The van der Waals surface area contributed by atoms with Crippen molar-refractivity contribution >= 4 is 50.2 Å². The molecule has 5 rings (SSSR count). The van der Waals surface area contributed by atoms with Crippen molar-refractivity contribution in [3.05, 3.63) is 94.0 Å². The average molecular weight is 517 g/mol. The monoisotopic (exact) mass is 516 g/mol. The van der Waals surface area contributed by atoms with Gasteiger partial charge in [0.15, 0.2) is 0 Å². The molecule has 34 heavy (non-hydrogen) atoms. The molecule has 3 aromatic carbocycles. The van der Waals surface area contributed by atoms with Crippen LogP contribution in [0, 0.1) is 0 Å². The van der Waals surface area contributed by atoms with Gasteiger partial charge >= 0.3 is 0 Å². The number of methoxy groups -OCH3 is 1. The Bertz CT molecular complexity index is 1410. The van der Waals surface area contributed by atoms with Crippen molar-refractivity contribution in [2.75, 3.05) is 18.6 Å². The van der Waals surface area contributed by atoms with Gasteiger partial charge < -0.3 is 9.64 Å². The Morgan fingerprint density at radius 1 is 0.971 bits per heavy atom. The van der Waals surface area contributed by atoms with E-state index in [4.69, 9.17) is 9.72 Å². The molecule has 4 aromatic rings. The summed E-state index contributed by atoms with van der Waals surface area (Å²) in [5, 5.41) is 1.08. The lowest BCUT2D eigenvalue weighted by atomic mass is 10.1. The van der Waals surface area contributed by atoms with Crippen LogP contribution in [-0.4, -0.2) is 30.5 Å². The highest BCUT2D eigenvalue weighted by atomic mass is 79.9. The smallest absolute Gasteiger partial charge is 0.270 e. The third-order valence-electron chi connectivity index (χ3n) is 5.79. The first-order valence-corrected chi connectivity index (χ1v) is 11.5. The minimum Gasteiger partial charge on any atom is -0.497 e. The van der Waals surface area contributed by atoms with Crippen LogP contribution in [0.25, 0.3) is 10.9 Å². The number of hydrogen-bond acceptors (Lipinski definition) is 5. The van der Waals surface area contributed by atoms with Crippen LogP contribution in [0.2, 0.25) is 0 Å². The second kappa shape index (κ2) is 9.15. The maximum absolute atomic E-state index is 12.5. The van der Waals surface area contributed by atoms with E-state index < -0.39 is 11.8 Å². The van der Waals surface area contributed by atoms with Crippen LogP contribution in [0.15, 0.2) is 77.3 Å². The van der Waals surface area contributed by atoms with Crippen LogP contribution >= 0.6 is 15.9 Å². The summed E-state index contributed by atoms with van der Waals surface area (Å²) in [4.78, 5) is 31.9. The van der Waals surface area contributed by atoms with E-state index in [1.165, 1.54) is 5.56 Å². The number of ether oxygens (including phenoxy) is 1. The first-order valence-electron chi connectivity index (χ1n) is 10.7. The number of fused-ring (bicyclic) bond motifs is 2. The SMILES string of the molecule is COc1ccc2cc3c(nc2c1)N(c1ccc(C(=O)NNC(=O)c2ccccc2Br)cc1)CC3. The van der Waals surface area contributed by atoms with Crippen molar-refractivity contribution in [2.24, 2.45) is 0 Å². The van der Waals surface area contributed by atoms with E-state index in [0.29, 0.717) is 15.6 Å². The molecule has 170 valence electrons. The molecule has 7 nitrogen and oxygen atoms in total. The molecule has 0 atom stereocenters. The van der Waals surface area contributed by atoms with E-state index >= 15 is 0 Å². The van der Waals surface area contributed by atoms with Crippen molar-refractivity contribution < 1.29 is 14.3 Å². The number of rotatable bonds is 4. The molecule has 0 saturated heterocycles. The second-order valence-corrected chi connectivity index (χ2v) is 8.72. The first-order chi connectivity index (χ1) is 16.5. The maximum atomic E-state index is 12.5. The van der Waals surface area contributed by atoms with E-state index in [9.17, 15) is 9.59 Å². The number of pyridine rings is 1. The summed E-state index contributed by atoms with van der Waals surface area (Å²) in [6.45, 7) is 0.809. The molecular weight excluding hydrogens is 496 g/mol. The predicted octanol–water partition coefficient (Wildman–Crippen LogP) is 4.77. The van der Waals surface area contributed by atoms with E-state index in [1.807, 2.05) is 36.4 Å². The Labute approximate surface area is 204 Å². The number of amides is 2. The molecule has 0 saturated carbocycles. The minimum atomic E-state index is -0.402. The molecule has 2 heterocycles. The average Bonchev–Trinajstić information content (AvgIpc) is 3.28. The first kappa shape index (κ1) is 21.9. The van der Waals surface area contributed by atoms with Crippen LogP contribution in [0.1, 0.15) is 26.3 Å². The fraction of sp³-hybridized carbons (Fsp3) is 0.115. The molecule has 2 N–H and O–H groups in total. The van der Waals surface area contributed by atoms with Gasteiger partial charge in [0, 0.05) is 33.7 Å². The lowest BCUT2D eigenvalue weighted by Crippen LogP contribution is -2.41. The van der Waals surface area contributed by atoms with Gasteiger partial charge in [0.25, 0.3) is 11.8 Å². The molecule has 1 aliphatic rings. The number of aromatic nitrogens is 1. The van der Waals surface area contributed by atoms with Crippen molar-refractivity contribution in [3.63, 3.8) is 0 Å². The predicted molar refractivity (Wildman–Crippen MR) is 135 cm³/mol. The zero-order valence-corrected chi connectivity index (χ0v) is 19.9. The van der Waals surface area contributed by atoms with Gasteiger partial charge in [0.05, 0.1) is 18.2 Å². The largest absolute Gasteiger partial charge is 0.497 e. The van der Waals surface area contributed by atoms with Gasteiger partial charge in [-0.15, -0.1) is 0 Å². The number of hydrogen-bond donors (Lipinski definition) is 2. The Hall–Kier alpha value is -3.91. The van der Waals surface area contributed by atoms with Crippen LogP contribution in [-0.2, 0) is 6.42 Å². The van der Waals surface area contributed by atoms with Gasteiger partial charge in [-0.25, -0.2) is 4.98 Å². The maximum Gasteiger partial charge on any atom is 0.270 e. The number of nitrogens with one attached hydrogen (secondary N) is 2. The fourth-order valence-corrected chi connectivity index (χ4v) is 4.47. The van der Waals surface area contributed by atoms with Gasteiger partial charge in [-0.05, 0) is 82.5 Å². The van der Waals surface area contributed by atoms with Crippen LogP contribution in [0.4, 0.5) is 11.5 Å². The van der Waals surface area contributed by atoms with E-state index in [1.54, 1.807) is 37.4 Å². The Morgan fingerprint density at radius 3 is 2.50 bits per heavy atom. The third-order valence-corrected chi connectivity index (χ3v) is 6.48. The van der Waals surface area contributed by atoms with E-state index in [0.717, 1.165) is 41.1 Å². The van der Waals surface area contributed by atoms with Crippen LogP contribution in [0.3, 0.4) is 0 Å². The Kier molecular flexibility index (Phi) is 5.90. The number of nitrogens with zero attached hydrogens (tertiary/aromatic N) is 2. The number of carbonyl (C=O) groups excluding carboxylic acids is 2. The fourth-order valence-electron chi connectivity index (χ4n) is 4.01. The molecular formula is C26H21BrN4O3. The molecule has 0 aliphatic carbocycles. The molecule has 8 heteroatoms. The van der Waals surface area contributed by atoms with Crippen molar-refractivity contribution in [2.45, 2.75) is 6.42 Å². The summed E-state index contributed by atoms with van der Waals surface area (Å²) in [5.74, 6) is 0.885. The normalized spacial score (nSPS) is 12.4. The molecule has 0 fully saturated rings. The summed E-state index contributed by atoms with van der Waals surface area (Å²) < 4.78 is 5.98. The highest BCUT2D eigenvalue weighted by Crippen LogP contribution is 2.35. The van der Waals surface area contributed by atoms with Crippen molar-refractivity contribution in [1.29, 1.82) is 0 Å². The molecule has 0 spiro atoms. The number of benzene rings is 3. The summed E-state index contributed by atoms with van der Waals surface area (Å²) in [6.07, 6.45) is 0.896. The van der Waals surface area contributed by atoms with Gasteiger partial charge in [-0.1, -0.05) is 12.1 Å². The number of anilines is 2. The summed E-state index contributed by atoms with van der Waals surface area (Å²) in [6, 6.07) is 22.3. The molecule has 1 aliphatic heterocycles. The van der Waals surface area contributed by atoms with Crippen molar-refractivity contribution in [1.82, 2.24) is 15.8 Å². The molecule has 1 aromatic heterocycles. The minimum absolute atomic E-state index is 0.398. The Morgan fingerprint density at radius 2 is 1.74 bits per heavy atom. The Balaban J connectivity index is 1.30. The van der Waals surface area contributed by atoms with Gasteiger partial charge in [0.1, 0.15) is 11.6 Å². The van der Waals surface area contributed by atoms with E-state index in [-0.39, 0.29) is 0 Å². The topological polar surface area (TPSA) is 83.6 Å². The van der Waals surface area contributed by atoms with Gasteiger partial charge in [-0.2, -0.15) is 0 Å². The van der Waals surface area contributed by atoms with Crippen molar-refractivity contribution in [3.8, 4) is 5.75 Å². The lowest BCUT2D eigenvalue weighted by Gasteiger charge is -2.19. The third kappa shape index (κ3) is 4.20. The van der Waals surface area contributed by atoms with Crippen LogP contribution in [0.5, 0.6) is 5.75 Å². The summed E-state index contributed by atoms with van der Waals surface area (Å²) in [7, 11) is 1.64. The molecule has 0 radical (unpaired) electrons.